The van der Waals surface area contributed by atoms with Gasteiger partial charge in [-0.25, -0.2) is 4.98 Å². The van der Waals surface area contributed by atoms with E-state index >= 15 is 0 Å². The van der Waals surface area contributed by atoms with Crippen molar-refractivity contribution in [3.05, 3.63) is 70.7 Å². The predicted molar refractivity (Wildman–Crippen MR) is 129 cm³/mol. The van der Waals surface area contributed by atoms with Gasteiger partial charge in [-0.3, -0.25) is 14.5 Å². The van der Waals surface area contributed by atoms with Crippen molar-refractivity contribution in [3.8, 4) is 5.75 Å². The highest BCUT2D eigenvalue weighted by Crippen LogP contribution is 2.34. The molecule has 1 aromatic heterocycles. The van der Waals surface area contributed by atoms with Crippen molar-refractivity contribution in [2.45, 2.75) is 39.0 Å². The smallest absolute Gasteiger partial charge is 0.267 e. The van der Waals surface area contributed by atoms with Crippen LogP contribution >= 0.6 is 11.3 Å². The molecule has 5 rings (SSSR count). The lowest BCUT2D eigenvalue weighted by Gasteiger charge is -2.32. The summed E-state index contributed by atoms with van der Waals surface area (Å²) in [5.74, 6) is 0.383. The molecule has 8 heteroatoms. The van der Waals surface area contributed by atoms with Crippen molar-refractivity contribution in [3.63, 3.8) is 0 Å². The van der Waals surface area contributed by atoms with E-state index in [1.165, 1.54) is 10.4 Å². The second kappa shape index (κ2) is 9.33. The summed E-state index contributed by atoms with van der Waals surface area (Å²) in [5.41, 5.74) is 3.08. The second-order valence-electron chi connectivity index (χ2n) is 8.35. The number of fused-ring (bicyclic) bond motifs is 2. The zero-order chi connectivity index (χ0) is 22.8. The maximum absolute atomic E-state index is 12.6. The van der Waals surface area contributed by atoms with Crippen LogP contribution in [0.5, 0.6) is 5.75 Å². The maximum atomic E-state index is 12.6. The minimum absolute atomic E-state index is 0.135. The molecule has 33 heavy (non-hydrogen) atoms. The molecule has 0 radical (unpaired) electrons. The van der Waals surface area contributed by atoms with E-state index < -0.39 is 6.10 Å². The van der Waals surface area contributed by atoms with Crippen molar-refractivity contribution in [2.75, 3.05) is 23.3 Å². The lowest BCUT2D eigenvalue weighted by molar-refractivity contribution is -0.125. The van der Waals surface area contributed by atoms with Gasteiger partial charge in [0.15, 0.2) is 11.2 Å². The van der Waals surface area contributed by atoms with Crippen LogP contribution in [0.4, 0.5) is 10.8 Å². The minimum Gasteiger partial charge on any atom is -0.479 e. The highest BCUT2D eigenvalue weighted by Gasteiger charge is 2.31. The van der Waals surface area contributed by atoms with Crippen LogP contribution in [-0.2, 0) is 29.1 Å². The van der Waals surface area contributed by atoms with Gasteiger partial charge in [-0.05, 0) is 24.6 Å². The summed E-state index contributed by atoms with van der Waals surface area (Å²) >= 11 is 1.54. The predicted octanol–water partition coefficient (Wildman–Crippen LogP) is 3.84. The fraction of sp³-hybridized carbons (Fsp3) is 0.320. The quantitative estimate of drug-likeness (QED) is 0.602. The summed E-state index contributed by atoms with van der Waals surface area (Å²) < 4.78 is 5.67. The third-order valence-electron chi connectivity index (χ3n) is 5.94. The number of ether oxygens (including phenoxy) is 1. The number of amides is 2. The number of nitrogens with one attached hydrogen (secondary N) is 1. The maximum Gasteiger partial charge on any atom is 0.267 e. The Morgan fingerprint density at radius 3 is 2.82 bits per heavy atom. The molecule has 1 atom stereocenters. The first-order chi connectivity index (χ1) is 16.1. The molecular formula is C25H26N4O3S. The van der Waals surface area contributed by atoms with E-state index in [-0.39, 0.29) is 18.2 Å². The average Bonchev–Trinajstić information content (AvgIpc) is 3.21. The van der Waals surface area contributed by atoms with Crippen molar-refractivity contribution in [2.24, 2.45) is 0 Å². The van der Waals surface area contributed by atoms with E-state index in [4.69, 9.17) is 4.74 Å². The van der Waals surface area contributed by atoms with E-state index in [1.54, 1.807) is 23.2 Å². The van der Waals surface area contributed by atoms with E-state index in [0.717, 1.165) is 31.7 Å². The van der Waals surface area contributed by atoms with Gasteiger partial charge < -0.3 is 15.0 Å². The summed E-state index contributed by atoms with van der Waals surface area (Å²) in [6.45, 7) is 4.73. The molecule has 2 amide bonds. The fourth-order valence-electron chi connectivity index (χ4n) is 4.26. The first kappa shape index (κ1) is 21.6. The molecular weight excluding hydrogens is 436 g/mol. The molecule has 0 bridgehead atoms. The molecule has 0 fully saturated rings. The van der Waals surface area contributed by atoms with Crippen LogP contribution in [0, 0.1) is 0 Å². The topological polar surface area (TPSA) is 74.8 Å². The zero-order valence-corrected chi connectivity index (χ0v) is 19.3. The monoisotopic (exact) mass is 462 g/mol. The number of carbonyl (C=O) groups is 2. The van der Waals surface area contributed by atoms with Crippen LogP contribution < -0.4 is 15.0 Å². The zero-order valence-electron chi connectivity index (χ0n) is 18.5. The van der Waals surface area contributed by atoms with Crippen molar-refractivity contribution in [1.29, 1.82) is 0 Å². The number of nitrogens with zero attached hydrogens (tertiary/aromatic N) is 3. The van der Waals surface area contributed by atoms with Crippen LogP contribution in [0.15, 0.2) is 54.6 Å². The van der Waals surface area contributed by atoms with Crippen LogP contribution in [0.2, 0.25) is 0 Å². The van der Waals surface area contributed by atoms with Crippen molar-refractivity contribution < 1.29 is 14.3 Å². The summed E-state index contributed by atoms with van der Waals surface area (Å²) in [4.78, 5) is 35.2. The average molecular weight is 463 g/mol. The number of hydrogen-bond acceptors (Lipinski definition) is 6. The molecule has 0 saturated heterocycles. The van der Waals surface area contributed by atoms with Gasteiger partial charge in [0.1, 0.15) is 5.75 Å². The van der Waals surface area contributed by atoms with E-state index in [2.05, 4.69) is 39.5 Å². The summed E-state index contributed by atoms with van der Waals surface area (Å²) in [5, 5.41) is 3.57. The molecule has 3 aromatic rings. The Bertz CT molecular complexity index is 1160. The Kier molecular flexibility index (Phi) is 6.11. The first-order valence-electron chi connectivity index (χ1n) is 11.2. The molecule has 0 saturated carbocycles. The standard InChI is InChI=1S/C25H26N4O3S/c1-17-24(31)29(20-9-5-6-10-21(20)32-17)14-12-23(30)27-25-26-19-11-13-28(16-22(19)33-25)15-18-7-3-2-4-8-18/h2-10,17H,11-16H2,1H3,(H,26,27,30)/t17-/m0/s1. The van der Waals surface area contributed by atoms with Crippen LogP contribution in [0.3, 0.4) is 0 Å². The first-order valence-corrected chi connectivity index (χ1v) is 12.0. The molecule has 3 heterocycles. The number of hydrogen-bond donors (Lipinski definition) is 1. The molecule has 1 N–H and O–H groups in total. The van der Waals surface area contributed by atoms with Gasteiger partial charge in [0, 0.05) is 43.9 Å². The summed E-state index contributed by atoms with van der Waals surface area (Å²) in [6.07, 6.45) is 0.510. The van der Waals surface area contributed by atoms with Gasteiger partial charge in [-0.2, -0.15) is 0 Å². The Hall–Kier alpha value is -3.23. The van der Waals surface area contributed by atoms with Gasteiger partial charge in [-0.15, -0.1) is 11.3 Å². The molecule has 7 nitrogen and oxygen atoms in total. The summed E-state index contributed by atoms with van der Waals surface area (Å²) in [6, 6.07) is 17.9. The van der Waals surface area contributed by atoms with Gasteiger partial charge in [-0.1, -0.05) is 42.5 Å². The van der Waals surface area contributed by atoms with Gasteiger partial charge >= 0.3 is 0 Å². The minimum atomic E-state index is -0.563. The van der Waals surface area contributed by atoms with E-state index in [0.29, 0.717) is 23.1 Å². The van der Waals surface area contributed by atoms with Gasteiger partial charge in [0.25, 0.3) is 5.91 Å². The molecule has 2 aliphatic heterocycles. The Morgan fingerprint density at radius 2 is 1.97 bits per heavy atom. The summed E-state index contributed by atoms with van der Waals surface area (Å²) in [7, 11) is 0. The molecule has 0 aliphatic carbocycles. The molecule has 170 valence electrons. The second-order valence-corrected chi connectivity index (χ2v) is 9.43. The molecule has 2 aliphatic rings. The lowest BCUT2D eigenvalue weighted by atomic mass is 10.1. The van der Waals surface area contributed by atoms with E-state index in [1.807, 2.05) is 30.3 Å². The van der Waals surface area contributed by atoms with Crippen molar-refractivity contribution in [1.82, 2.24) is 9.88 Å². The van der Waals surface area contributed by atoms with Crippen molar-refractivity contribution >= 4 is 34.0 Å². The number of aromatic nitrogens is 1. The molecule has 0 spiro atoms. The lowest BCUT2D eigenvalue weighted by Crippen LogP contribution is -2.45. The third-order valence-corrected chi connectivity index (χ3v) is 6.94. The third kappa shape index (κ3) is 4.77. The van der Waals surface area contributed by atoms with Gasteiger partial charge in [0.2, 0.25) is 5.91 Å². The van der Waals surface area contributed by atoms with E-state index in [9.17, 15) is 9.59 Å². The van der Waals surface area contributed by atoms with Gasteiger partial charge in [0.05, 0.1) is 11.4 Å². The fourth-order valence-corrected chi connectivity index (χ4v) is 5.33. The SMILES string of the molecule is C[C@@H]1Oc2ccccc2N(CCC(=O)Nc2nc3c(s2)CN(Cc2ccccc2)CC3)C1=O. The highest BCUT2D eigenvalue weighted by molar-refractivity contribution is 7.15. The normalized spacial score (nSPS) is 17.8. The number of carbonyl (C=O) groups excluding carboxylic acids is 2. The number of rotatable bonds is 6. The number of para-hydroxylation sites is 2. The highest BCUT2D eigenvalue weighted by atomic mass is 32.1. The number of thiazole rings is 1. The Balaban J connectivity index is 1.18. The van der Waals surface area contributed by atoms with Crippen LogP contribution in [0.25, 0.3) is 0 Å². The number of benzene rings is 2. The van der Waals surface area contributed by atoms with Crippen LogP contribution in [-0.4, -0.2) is 40.9 Å². The Morgan fingerprint density at radius 1 is 1.18 bits per heavy atom. The Labute approximate surface area is 197 Å². The number of anilines is 2. The molecule has 0 unspecified atom stereocenters. The molecule has 2 aromatic carbocycles. The van der Waals surface area contributed by atoms with Crippen LogP contribution in [0.1, 0.15) is 29.5 Å². The largest absolute Gasteiger partial charge is 0.479 e.